The van der Waals surface area contributed by atoms with Crippen molar-refractivity contribution in [1.29, 1.82) is 0 Å². The lowest BCUT2D eigenvalue weighted by atomic mass is 9.48. The fraction of sp³-hybridized carbons (Fsp3) is 0.520. The van der Waals surface area contributed by atoms with Gasteiger partial charge >= 0.3 is 0 Å². The van der Waals surface area contributed by atoms with Gasteiger partial charge in [-0.3, -0.25) is 9.78 Å². The Kier molecular flexibility index (Phi) is 3.69. The molecule has 1 aromatic carbocycles. The van der Waals surface area contributed by atoms with Crippen molar-refractivity contribution in [3.63, 3.8) is 0 Å². The normalized spacial score (nSPS) is 33.0. The molecule has 4 bridgehead atoms. The summed E-state index contributed by atoms with van der Waals surface area (Å²) in [5.74, 6) is 2.85. The highest BCUT2D eigenvalue weighted by molar-refractivity contribution is 5.94. The number of pyridine rings is 1. The maximum absolute atomic E-state index is 13.3. The summed E-state index contributed by atoms with van der Waals surface area (Å²) in [7, 11) is 0. The third-order valence-electron chi connectivity index (χ3n) is 8.01. The van der Waals surface area contributed by atoms with Crippen molar-refractivity contribution in [3.8, 4) is 0 Å². The molecule has 1 amide bonds. The largest absolute Gasteiger partial charge is 0.334 e. The van der Waals surface area contributed by atoms with Crippen molar-refractivity contribution in [3.05, 3.63) is 65.0 Å². The number of nitrogens with zero attached hydrogens (tertiary/aromatic N) is 2. The first-order chi connectivity index (χ1) is 13.7. The molecule has 7 rings (SSSR count). The van der Waals surface area contributed by atoms with Gasteiger partial charge in [-0.15, -0.1) is 0 Å². The smallest absolute Gasteiger partial charge is 0.254 e. The molecule has 28 heavy (non-hydrogen) atoms. The molecule has 2 aromatic rings. The Bertz CT molecular complexity index is 898. The molecule has 3 heteroatoms. The average molecular weight is 373 g/mol. The van der Waals surface area contributed by atoms with Crippen LogP contribution in [-0.2, 0) is 18.4 Å². The number of benzene rings is 1. The van der Waals surface area contributed by atoms with Crippen LogP contribution in [0.15, 0.2) is 42.6 Å². The summed E-state index contributed by atoms with van der Waals surface area (Å²) in [5, 5.41) is 0. The third kappa shape index (κ3) is 2.62. The van der Waals surface area contributed by atoms with Gasteiger partial charge in [0.25, 0.3) is 5.91 Å². The van der Waals surface area contributed by atoms with Gasteiger partial charge in [0.2, 0.25) is 0 Å². The Labute approximate surface area is 167 Å². The van der Waals surface area contributed by atoms with E-state index in [1.807, 2.05) is 17.2 Å². The van der Waals surface area contributed by atoms with Crippen molar-refractivity contribution >= 4 is 5.91 Å². The molecule has 3 nitrogen and oxygen atoms in total. The number of amides is 1. The average Bonchev–Trinajstić information content (AvgIpc) is 2.72. The summed E-state index contributed by atoms with van der Waals surface area (Å²) in [6, 6.07) is 12.6. The minimum atomic E-state index is 0.169. The topological polar surface area (TPSA) is 33.2 Å². The van der Waals surface area contributed by atoms with Gasteiger partial charge in [0.1, 0.15) is 0 Å². The van der Waals surface area contributed by atoms with E-state index < -0.39 is 0 Å². The number of rotatable bonds is 2. The standard InChI is InChI=1S/C25H28N2O/c28-24(27-8-6-20-3-1-2-4-22(20)16-27)21-5-7-26-23(12-21)25-13-17-9-18(14-25)11-19(10-17)15-25/h1-5,7,12,17-19H,6,8-11,13-16H2. The zero-order valence-electron chi connectivity index (χ0n) is 16.4. The van der Waals surface area contributed by atoms with Gasteiger partial charge in [0.15, 0.2) is 0 Å². The van der Waals surface area contributed by atoms with E-state index in [1.54, 1.807) is 0 Å². The zero-order valence-corrected chi connectivity index (χ0v) is 16.4. The van der Waals surface area contributed by atoms with Gasteiger partial charge < -0.3 is 4.90 Å². The van der Waals surface area contributed by atoms with Crippen molar-refractivity contribution < 1.29 is 4.79 Å². The van der Waals surface area contributed by atoms with E-state index in [1.165, 1.54) is 55.3 Å². The molecule has 0 saturated heterocycles. The lowest BCUT2D eigenvalue weighted by molar-refractivity contribution is -0.00723. The lowest BCUT2D eigenvalue weighted by Crippen LogP contribution is -2.49. The number of carbonyl (C=O) groups is 1. The van der Waals surface area contributed by atoms with Gasteiger partial charge in [0.05, 0.1) is 0 Å². The fourth-order valence-corrected chi connectivity index (χ4v) is 7.13. The molecule has 0 spiro atoms. The van der Waals surface area contributed by atoms with E-state index in [-0.39, 0.29) is 11.3 Å². The maximum Gasteiger partial charge on any atom is 0.254 e. The monoisotopic (exact) mass is 372 g/mol. The van der Waals surface area contributed by atoms with E-state index in [4.69, 9.17) is 4.98 Å². The molecule has 4 aliphatic carbocycles. The summed E-state index contributed by atoms with van der Waals surface area (Å²) < 4.78 is 0. The molecular weight excluding hydrogens is 344 g/mol. The molecule has 1 aliphatic heterocycles. The lowest BCUT2D eigenvalue weighted by Gasteiger charge is -2.56. The summed E-state index contributed by atoms with van der Waals surface area (Å²) >= 11 is 0. The van der Waals surface area contributed by atoms with Crippen LogP contribution in [-0.4, -0.2) is 22.3 Å². The minimum absolute atomic E-state index is 0.169. The molecule has 4 fully saturated rings. The molecule has 0 atom stereocenters. The van der Waals surface area contributed by atoms with E-state index in [9.17, 15) is 4.79 Å². The highest BCUT2D eigenvalue weighted by atomic mass is 16.2. The molecule has 4 saturated carbocycles. The van der Waals surface area contributed by atoms with E-state index in [0.29, 0.717) is 0 Å². The summed E-state index contributed by atoms with van der Waals surface area (Å²) in [6.45, 7) is 1.54. The number of hydrogen-bond donors (Lipinski definition) is 0. The first-order valence-corrected chi connectivity index (χ1v) is 11.0. The van der Waals surface area contributed by atoms with Crippen molar-refractivity contribution in [1.82, 2.24) is 9.88 Å². The van der Waals surface area contributed by atoms with Crippen LogP contribution in [0.2, 0.25) is 0 Å². The number of carbonyl (C=O) groups excluding carboxylic acids is 1. The molecule has 0 radical (unpaired) electrons. The Morgan fingerprint density at radius 1 is 0.964 bits per heavy atom. The quantitative estimate of drug-likeness (QED) is 0.762. The predicted molar refractivity (Wildman–Crippen MR) is 109 cm³/mol. The molecule has 1 aromatic heterocycles. The van der Waals surface area contributed by atoms with Crippen LogP contribution in [0.1, 0.15) is 65.7 Å². The zero-order chi connectivity index (χ0) is 18.7. The third-order valence-corrected chi connectivity index (χ3v) is 8.01. The Morgan fingerprint density at radius 2 is 1.64 bits per heavy atom. The Morgan fingerprint density at radius 3 is 2.36 bits per heavy atom. The fourth-order valence-electron chi connectivity index (χ4n) is 7.13. The van der Waals surface area contributed by atoms with Crippen LogP contribution in [0.4, 0.5) is 0 Å². The Balaban J connectivity index is 1.28. The summed E-state index contributed by atoms with van der Waals surface area (Å²) in [6.07, 6.45) is 11.0. The second kappa shape index (κ2) is 6.17. The van der Waals surface area contributed by atoms with E-state index >= 15 is 0 Å². The van der Waals surface area contributed by atoms with Crippen molar-refractivity contribution in [2.24, 2.45) is 17.8 Å². The van der Waals surface area contributed by atoms with Crippen LogP contribution >= 0.6 is 0 Å². The summed E-state index contributed by atoms with van der Waals surface area (Å²) in [5.41, 5.74) is 4.96. The molecule has 0 N–H and O–H groups in total. The molecule has 144 valence electrons. The number of fused-ring (bicyclic) bond motifs is 1. The molecular formula is C25H28N2O. The number of aromatic nitrogens is 1. The molecule has 0 unspecified atom stereocenters. The van der Waals surface area contributed by atoms with E-state index in [0.717, 1.165) is 42.8 Å². The Hall–Kier alpha value is -2.16. The van der Waals surface area contributed by atoms with Gasteiger partial charge in [-0.2, -0.15) is 0 Å². The van der Waals surface area contributed by atoms with Gasteiger partial charge in [-0.05, 0) is 86.0 Å². The van der Waals surface area contributed by atoms with Crippen LogP contribution in [0.3, 0.4) is 0 Å². The molecule has 2 heterocycles. The van der Waals surface area contributed by atoms with Crippen LogP contribution < -0.4 is 0 Å². The number of hydrogen-bond acceptors (Lipinski definition) is 2. The van der Waals surface area contributed by atoms with Crippen LogP contribution in [0.5, 0.6) is 0 Å². The second-order valence-corrected chi connectivity index (χ2v) is 9.87. The van der Waals surface area contributed by atoms with Crippen molar-refractivity contribution in [2.75, 3.05) is 6.54 Å². The van der Waals surface area contributed by atoms with Gasteiger partial charge in [0, 0.05) is 36.0 Å². The first-order valence-electron chi connectivity index (χ1n) is 11.0. The van der Waals surface area contributed by atoms with E-state index in [2.05, 4.69) is 30.3 Å². The highest BCUT2D eigenvalue weighted by Gasteiger charge is 2.52. The van der Waals surface area contributed by atoms with Gasteiger partial charge in [-0.25, -0.2) is 0 Å². The maximum atomic E-state index is 13.3. The second-order valence-electron chi connectivity index (χ2n) is 9.87. The minimum Gasteiger partial charge on any atom is -0.334 e. The summed E-state index contributed by atoms with van der Waals surface area (Å²) in [4.78, 5) is 20.1. The van der Waals surface area contributed by atoms with Crippen LogP contribution in [0.25, 0.3) is 0 Å². The highest BCUT2D eigenvalue weighted by Crippen LogP contribution is 2.60. The van der Waals surface area contributed by atoms with Crippen molar-refractivity contribution in [2.45, 2.75) is 56.9 Å². The van der Waals surface area contributed by atoms with Gasteiger partial charge in [-0.1, -0.05) is 24.3 Å². The van der Waals surface area contributed by atoms with Crippen LogP contribution in [0, 0.1) is 17.8 Å². The SMILES string of the molecule is O=C(c1ccnc(C23CC4CC(CC(C4)C2)C3)c1)N1CCc2ccccc2C1. The molecule has 5 aliphatic rings. The first kappa shape index (κ1) is 16.8. The predicted octanol–water partition coefficient (Wildman–Crippen LogP) is 4.75.